The molecule has 0 fully saturated rings. The van der Waals surface area contributed by atoms with Gasteiger partial charge in [-0.25, -0.2) is 0 Å². The Morgan fingerprint density at radius 2 is 1.94 bits per heavy atom. The molecule has 0 aliphatic rings. The first-order valence-corrected chi connectivity index (χ1v) is 7.07. The molecule has 1 N–H and O–H groups in total. The summed E-state index contributed by atoms with van der Waals surface area (Å²) in [5, 5.41) is 5.70. The number of halogens is 3. The fourth-order valence-electron chi connectivity index (χ4n) is 1.32. The van der Waals surface area contributed by atoms with E-state index < -0.39 is 0 Å². The van der Waals surface area contributed by atoms with Crippen LogP contribution < -0.4 is 5.32 Å². The Morgan fingerprint density at radius 3 is 2.50 bits per heavy atom. The lowest BCUT2D eigenvalue weighted by Gasteiger charge is -2.25. The molecule has 0 heterocycles. The quantitative estimate of drug-likeness (QED) is 0.777. The van der Waals surface area contributed by atoms with Gasteiger partial charge in [-0.1, -0.05) is 45.2 Å². The molecule has 0 atom stereocenters. The number of rotatable bonds is 5. The molecule has 0 amide bonds. The largest absolute Gasteiger partial charge is 0.308 e. The maximum Gasteiger partial charge on any atom is 0.0595 e. The molecule has 0 spiro atoms. The zero-order chi connectivity index (χ0) is 12.2. The molecular formula is C12H16BrCl2N. The zero-order valence-corrected chi connectivity index (χ0v) is 12.6. The predicted molar refractivity (Wildman–Crippen MR) is 75.8 cm³/mol. The predicted octanol–water partition coefficient (Wildman–Crippen LogP) is 4.65. The van der Waals surface area contributed by atoms with Crippen LogP contribution in [-0.2, 0) is 6.54 Å². The molecule has 0 aromatic heterocycles. The highest BCUT2D eigenvalue weighted by molar-refractivity contribution is 9.09. The molecule has 0 aliphatic carbocycles. The molecule has 0 radical (unpaired) electrons. The van der Waals surface area contributed by atoms with E-state index in [9.17, 15) is 0 Å². The van der Waals surface area contributed by atoms with Crippen molar-refractivity contribution in [2.75, 3.05) is 5.33 Å². The van der Waals surface area contributed by atoms with Crippen LogP contribution in [0.1, 0.15) is 25.8 Å². The number of nitrogens with one attached hydrogen (secondary N) is 1. The second-order valence-electron chi connectivity index (χ2n) is 4.42. The Bertz CT molecular complexity index is 353. The summed E-state index contributed by atoms with van der Waals surface area (Å²) < 4.78 is 0. The van der Waals surface area contributed by atoms with Crippen LogP contribution in [-0.4, -0.2) is 10.9 Å². The Kier molecular flexibility index (Phi) is 5.58. The third-order valence-electron chi connectivity index (χ3n) is 2.47. The van der Waals surface area contributed by atoms with Gasteiger partial charge in [0.2, 0.25) is 0 Å². The number of alkyl halides is 1. The number of hydrogen-bond donors (Lipinski definition) is 1. The molecule has 0 bridgehead atoms. The molecule has 1 aromatic carbocycles. The maximum absolute atomic E-state index is 5.96. The van der Waals surface area contributed by atoms with Crippen molar-refractivity contribution in [1.82, 2.24) is 5.32 Å². The van der Waals surface area contributed by atoms with Crippen molar-refractivity contribution in [3.8, 4) is 0 Å². The highest BCUT2D eigenvalue weighted by atomic mass is 79.9. The maximum atomic E-state index is 5.96. The van der Waals surface area contributed by atoms with E-state index in [2.05, 4.69) is 35.1 Å². The Labute approximate surface area is 116 Å². The second-order valence-corrected chi connectivity index (χ2v) is 6.03. The van der Waals surface area contributed by atoms with Crippen LogP contribution in [0.3, 0.4) is 0 Å². The third kappa shape index (κ3) is 4.62. The molecule has 0 saturated carbocycles. The number of hydrogen-bond acceptors (Lipinski definition) is 1. The van der Waals surface area contributed by atoms with Crippen LogP contribution in [0.5, 0.6) is 0 Å². The summed E-state index contributed by atoms with van der Waals surface area (Å²) in [7, 11) is 0. The molecule has 16 heavy (non-hydrogen) atoms. The van der Waals surface area contributed by atoms with Crippen LogP contribution in [0.4, 0.5) is 0 Å². The van der Waals surface area contributed by atoms with Gasteiger partial charge in [0.25, 0.3) is 0 Å². The summed E-state index contributed by atoms with van der Waals surface area (Å²) in [6.45, 7) is 5.18. The van der Waals surface area contributed by atoms with Gasteiger partial charge < -0.3 is 5.32 Å². The molecule has 90 valence electrons. The van der Waals surface area contributed by atoms with E-state index in [0.29, 0.717) is 10.0 Å². The van der Waals surface area contributed by atoms with Crippen molar-refractivity contribution in [1.29, 1.82) is 0 Å². The molecule has 1 aromatic rings. The van der Waals surface area contributed by atoms with Crippen LogP contribution in [0.25, 0.3) is 0 Å². The SMILES string of the molecule is CC(C)(CCBr)NCc1ccc(Cl)c(Cl)c1. The lowest BCUT2D eigenvalue weighted by atomic mass is 10.0. The molecule has 1 nitrogen and oxygen atoms in total. The van der Waals surface area contributed by atoms with E-state index in [1.807, 2.05) is 18.2 Å². The molecule has 0 saturated heterocycles. The van der Waals surface area contributed by atoms with E-state index in [1.54, 1.807) is 0 Å². The lowest BCUT2D eigenvalue weighted by Crippen LogP contribution is -2.38. The minimum Gasteiger partial charge on any atom is -0.308 e. The van der Waals surface area contributed by atoms with Gasteiger partial charge in [-0.3, -0.25) is 0 Å². The van der Waals surface area contributed by atoms with Crippen LogP contribution in [0, 0.1) is 0 Å². The first kappa shape index (κ1) is 14.3. The number of benzene rings is 1. The fraction of sp³-hybridized carbons (Fsp3) is 0.500. The Morgan fingerprint density at radius 1 is 1.25 bits per heavy atom. The summed E-state index contributed by atoms with van der Waals surface area (Å²) in [6, 6.07) is 5.73. The van der Waals surface area contributed by atoms with Crippen molar-refractivity contribution < 1.29 is 0 Å². The Balaban J connectivity index is 2.57. The highest BCUT2D eigenvalue weighted by Crippen LogP contribution is 2.23. The van der Waals surface area contributed by atoms with Crippen molar-refractivity contribution in [2.24, 2.45) is 0 Å². The summed E-state index contributed by atoms with van der Waals surface area (Å²) in [4.78, 5) is 0. The van der Waals surface area contributed by atoms with Gasteiger partial charge in [-0.15, -0.1) is 0 Å². The van der Waals surface area contributed by atoms with Crippen molar-refractivity contribution >= 4 is 39.1 Å². The van der Waals surface area contributed by atoms with Gasteiger partial charge in [0.1, 0.15) is 0 Å². The molecule has 0 unspecified atom stereocenters. The van der Waals surface area contributed by atoms with Crippen LogP contribution >= 0.6 is 39.1 Å². The zero-order valence-electron chi connectivity index (χ0n) is 9.49. The summed E-state index contributed by atoms with van der Waals surface area (Å²) in [5.41, 5.74) is 1.27. The Hall–Kier alpha value is 0.240. The van der Waals surface area contributed by atoms with Gasteiger partial charge in [-0.2, -0.15) is 0 Å². The van der Waals surface area contributed by atoms with Crippen LogP contribution in [0.15, 0.2) is 18.2 Å². The third-order valence-corrected chi connectivity index (χ3v) is 3.61. The van der Waals surface area contributed by atoms with Crippen molar-refractivity contribution in [3.63, 3.8) is 0 Å². The monoisotopic (exact) mass is 323 g/mol. The van der Waals surface area contributed by atoms with E-state index in [0.717, 1.165) is 23.9 Å². The minimum absolute atomic E-state index is 0.121. The lowest BCUT2D eigenvalue weighted by molar-refractivity contribution is 0.378. The average Bonchev–Trinajstić information content (AvgIpc) is 2.20. The second kappa shape index (κ2) is 6.25. The van der Waals surface area contributed by atoms with Gasteiger partial charge >= 0.3 is 0 Å². The average molecular weight is 325 g/mol. The smallest absolute Gasteiger partial charge is 0.0595 e. The summed E-state index contributed by atoms with van der Waals surface area (Å²) in [6.07, 6.45) is 1.08. The van der Waals surface area contributed by atoms with Crippen molar-refractivity contribution in [3.05, 3.63) is 33.8 Å². The first-order chi connectivity index (χ1) is 7.44. The highest BCUT2D eigenvalue weighted by Gasteiger charge is 2.15. The molecule has 4 heteroatoms. The first-order valence-electron chi connectivity index (χ1n) is 5.19. The minimum atomic E-state index is 0.121. The fourth-order valence-corrected chi connectivity index (χ4v) is 2.63. The van der Waals surface area contributed by atoms with E-state index in [-0.39, 0.29) is 5.54 Å². The molecular weight excluding hydrogens is 309 g/mol. The van der Waals surface area contributed by atoms with Crippen LogP contribution in [0.2, 0.25) is 10.0 Å². The standard InChI is InChI=1S/C12H16BrCl2N/c1-12(2,5-6-13)16-8-9-3-4-10(14)11(15)7-9/h3-4,7,16H,5-6,8H2,1-2H3. The summed E-state index contributed by atoms with van der Waals surface area (Å²) in [5.74, 6) is 0. The van der Waals surface area contributed by atoms with Gasteiger partial charge in [0.05, 0.1) is 10.0 Å². The van der Waals surface area contributed by atoms with Gasteiger partial charge in [0.15, 0.2) is 0 Å². The molecule has 0 aliphatic heterocycles. The van der Waals surface area contributed by atoms with Gasteiger partial charge in [0, 0.05) is 17.4 Å². The molecule has 1 rings (SSSR count). The van der Waals surface area contributed by atoms with E-state index in [4.69, 9.17) is 23.2 Å². The van der Waals surface area contributed by atoms with Gasteiger partial charge in [-0.05, 0) is 38.0 Å². The van der Waals surface area contributed by atoms with Crippen molar-refractivity contribution in [2.45, 2.75) is 32.4 Å². The topological polar surface area (TPSA) is 12.0 Å². The normalized spacial score (nSPS) is 11.8. The van der Waals surface area contributed by atoms with E-state index in [1.165, 1.54) is 0 Å². The summed E-state index contributed by atoms with van der Waals surface area (Å²) >= 11 is 15.3. The van der Waals surface area contributed by atoms with E-state index >= 15 is 0 Å².